The molecule has 1 amide bonds. The van der Waals surface area contributed by atoms with E-state index in [1.54, 1.807) is 0 Å². The Morgan fingerprint density at radius 1 is 0.762 bits per heavy atom. The van der Waals surface area contributed by atoms with Crippen LogP contribution in [0.4, 0.5) is 5.69 Å². The van der Waals surface area contributed by atoms with Gasteiger partial charge in [0.1, 0.15) is 11.5 Å². The number of hydrazone groups is 1. The normalized spacial score (nSPS) is 14.1. The lowest BCUT2D eigenvalue weighted by Gasteiger charge is -2.11. The number of carbonyl (C=O) groups excluding carboxylic acids is 1. The van der Waals surface area contributed by atoms with Crippen LogP contribution in [0, 0.1) is 5.92 Å². The predicted octanol–water partition coefficient (Wildman–Crippen LogP) is 7.80. The summed E-state index contributed by atoms with van der Waals surface area (Å²) in [6.07, 6.45) is 4.87. The second-order valence-corrected chi connectivity index (χ2v) is 10.6. The average molecular weight is 553 g/mol. The lowest BCUT2D eigenvalue weighted by Crippen LogP contribution is -2.21. The number of rotatable bonds is 9. The molecule has 1 aliphatic rings. The second-order valence-electron chi connectivity index (χ2n) is 10.6. The van der Waals surface area contributed by atoms with E-state index in [0.29, 0.717) is 29.5 Å². The van der Waals surface area contributed by atoms with Crippen LogP contribution in [0.5, 0.6) is 5.75 Å². The van der Waals surface area contributed by atoms with Gasteiger partial charge in [0.05, 0.1) is 29.2 Å². The van der Waals surface area contributed by atoms with Crippen LogP contribution in [0.15, 0.2) is 132 Å². The van der Waals surface area contributed by atoms with Crippen LogP contribution in [0.3, 0.4) is 0 Å². The number of para-hydroxylation sites is 2. The lowest BCUT2D eigenvalue weighted by atomic mass is 9.99. The molecule has 0 unspecified atom stereocenters. The maximum atomic E-state index is 13.9. The topological polar surface area (TPSA) is 59.7 Å². The summed E-state index contributed by atoms with van der Waals surface area (Å²) in [6.45, 7) is 5.06. The van der Waals surface area contributed by atoms with Crippen molar-refractivity contribution in [2.24, 2.45) is 11.0 Å². The molecule has 0 bridgehead atoms. The SMILES string of the molecule is CC(C)CCOc1ccc(-c2nn(-c3ccccc3)cc2/C=C2\C(=O)N(c3ccccc3)N=C2c2ccccc2)cc1. The lowest BCUT2D eigenvalue weighted by molar-refractivity contribution is -0.114. The van der Waals surface area contributed by atoms with Gasteiger partial charge in [-0.15, -0.1) is 0 Å². The Kier molecular flexibility index (Phi) is 7.77. The molecular weight excluding hydrogens is 520 g/mol. The molecule has 6 rings (SSSR count). The van der Waals surface area contributed by atoms with Gasteiger partial charge in [0, 0.05) is 22.9 Å². The number of anilines is 1. The summed E-state index contributed by atoms with van der Waals surface area (Å²) < 4.78 is 7.80. The average Bonchev–Trinajstić information content (AvgIpc) is 3.60. The van der Waals surface area contributed by atoms with E-state index in [-0.39, 0.29) is 5.91 Å². The van der Waals surface area contributed by atoms with E-state index in [2.05, 4.69) is 13.8 Å². The largest absolute Gasteiger partial charge is 0.494 e. The summed E-state index contributed by atoms with van der Waals surface area (Å²) in [4.78, 5) is 13.9. The molecular formula is C36H32N4O2. The van der Waals surface area contributed by atoms with Crippen molar-refractivity contribution >= 4 is 23.4 Å². The maximum absolute atomic E-state index is 13.9. The van der Waals surface area contributed by atoms with Gasteiger partial charge in [-0.2, -0.15) is 15.2 Å². The van der Waals surface area contributed by atoms with E-state index in [1.165, 1.54) is 5.01 Å². The third-order valence-corrected chi connectivity index (χ3v) is 7.08. The molecule has 42 heavy (non-hydrogen) atoms. The Labute approximate surface area is 246 Å². The Morgan fingerprint density at radius 2 is 1.38 bits per heavy atom. The molecule has 2 heterocycles. The van der Waals surface area contributed by atoms with E-state index in [9.17, 15) is 4.79 Å². The quantitative estimate of drug-likeness (QED) is 0.175. The van der Waals surface area contributed by atoms with Crippen LogP contribution in [0.25, 0.3) is 23.0 Å². The molecule has 208 valence electrons. The smallest absolute Gasteiger partial charge is 0.281 e. The van der Waals surface area contributed by atoms with Crippen LogP contribution in [-0.2, 0) is 4.79 Å². The summed E-state index contributed by atoms with van der Waals surface area (Å²) in [7, 11) is 0. The molecule has 0 fully saturated rings. The second kappa shape index (κ2) is 12.1. The maximum Gasteiger partial charge on any atom is 0.281 e. The molecule has 4 aromatic carbocycles. The number of amides is 1. The highest BCUT2D eigenvalue weighted by molar-refractivity contribution is 6.37. The van der Waals surface area contributed by atoms with E-state index in [1.807, 2.05) is 132 Å². The number of nitrogens with zero attached hydrogens (tertiary/aromatic N) is 4. The third kappa shape index (κ3) is 5.79. The first-order valence-corrected chi connectivity index (χ1v) is 14.2. The van der Waals surface area contributed by atoms with Crippen molar-refractivity contribution in [1.82, 2.24) is 9.78 Å². The summed E-state index contributed by atoms with van der Waals surface area (Å²) in [5.74, 6) is 1.22. The number of ether oxygens (including phenoxy) is 1. The zero-order valence-corrected chi connectivity index (χ0v) is 23.7. The highest BCUT2D eigenvalue weighted by atomic mass is 16.5. The van der Waals surface area contributed by atoms with Crippen molar-refractivity contribution in [1.29, 1.82) is 0 Å². The fraction of sp³-hybridized carbons (Fsp3) is 0.139. The predicted molar refractivity (Wildman–Crippen MR) is 169 cm³/mol. The van der Waals surface area contributed by atoms with E-state index < -0.39 is 0 Å². The van der Waals surface area contributed by atoms with Crippen molar-refractivity contribution in [3.05, 3.63) is 138 Å². The Hall–Kier alpha value is -5.23. The van der Waals surface area contributed by atoms with Crippen LogP contribution >= 0.6 is 0 Å². The molecule has 6 nitrogen and oxygen atoms in total. The van der Waals surface area contributed by atoms with Gasteiger partial charge in [-0.1, -0.05) is 80.6 Å². The standard InChI is InChI=1S/C36H32N4O2/c1-26(2)22-23-42-32-20-18-28(19-21-32)34-29(25-39(37-34)30-14-8-4-9-15-30)24-33-35(27-12-6-3-7-13-27)38-40(36(33)41)31-16-10-5-11-17-31/h3-21,24-26H,22-23H2,1-2H3/b33-24-. The first-order valence-electron chi connectivity index (χ1n) is 14.2. The van der Waals surface area contributed by atoms with Gasteiger partial charge in [-0.05, 0) is 66.9 Å². The van der Waals surface area contributed by atoms with Gasteiger partial charge < -0.3 is 4.74 Å². The molecule has 1 aromatic heterocycles. The molecule has 6 heteroatoms. The summed E-state index contributed by atoms with van der Waals surface area (Å²) in [6, 6.07) is 37.3. The Morgan fingerprint density at radius 3 is 2.02 bits per heavy atom. The molecule has 5 aromatic rings. The molecule has 0 atom stereocenters. The Bertz CT molecular complexity index is 1720. The van der Waals surface area contributed by atoms with Gasteiger partial charge in [0.2, 0.25) is 0 Å². The first-order chi connectivity index (χ1) is 20.6. The van der Waals surface area contributed by atoms with E-state index in [4.69, 9.17) is 14.9 Å². The zero-order valence-electron chi connectivity index (χ0n) is 23.7. The molecule has 0 saturated carbocycles. The van der Waals surface area contributed by atoms with Gasteiger partial charge in [0.25, 0.3) is 5.91 Å². The van der Waals surface area contributed by atoms with Gasteiger partial charge in [-0.3, -0.25) is 4.79 Å². The minimum absolute atomic E-state index is 0.188. The monoisotopic (exact) mass is 552 g/mol. The highest BCUT2D eigenvalue weighted by Crippen LogP contribution is 2.32. The van der Waals surface area contributed by atoms with Gasteiger partial charge >= 0.3 is 0 Å². The fourth-order valence-corrected chi connectivity index (χ4v) is 4.81. The minimum atomic E-state index is -0.188. The van der Waals surface area contributed by atoms with Crippen molar-refractivity contribution in [2.45, 2.75) is 20.3 Å². The van der Waals surface area contributed by atoms with Crippen LogP contribution in [0.1, 0.15) is 31.4 Å². The summed E-state index contributed by atoms with van der Waals surface area (Å²) >= 11 is 0. The summed E-state index contributed by atoms with van der Waals surface area (Å²) in [5.41, 5.74) is 6.15. The molecule has 0 aliphatic carbocycles. The first kappa shape index (κ1) is 27.0. The highest BCUT2D eigenvalue weighted by Gasteiger charge is 2.32. The van der Waals surface area contributed by atoms with Crippen molar-refractivity contribution in [3.63, 3.8) is 0 Å². The number of benzene rings is 4. The summed E-state index contributed by atoms with van der Waals surface area (Å²) in [5, 5.41) is 11.2. The van der Waals surface area contributed by atoms with Crippen LogP contribution in [-0.4, -0.2) is 28.0 Å². The molecule has 0 N–H and O–H groups in total. The Balaban J connectivity index is 1.43. The molecule has 0 radical (unpaired) electrons. The molecule has 0 saturated heterocycles. The molecule has 0 spiro atoms. The van der Waals surface area contributed by atoms with Crippen LogP contribution in [0.2, 0.25) is 0 Å². The third-order valence-electron chi connectivity index (χ3n) is 7.08. The van der Waals surface area contributed by atoms with Gasteiger partial charge in [0.15, 0.2) is 0 Å². The van der Waals surface area contributed by atoms with Crippen molar-refractivity contribution < 1.29 is 9.53 Å². The number of carbonyl (C=O) groups is 1. The zero-order chi connectivity index (χ0) is 28.9. The number of aromatic nitrogens is 2. The number of hydrogen-bond donors (Lipinski definition) is 0. The van der Waals surface area contributed by atoms with E-state index >= 15 is 0 Å². The van der Waals surface area contributed by atoms with Gasteiger partial charge in [-0.25, -0.2) is 4.68 Å². The molecule has 1 aliphatic heterocycles. The van der Waals surface area contributed by atoms with Crippen molar-refractivity contribution in [2.75, 3.05) is 11.6 Å². The minimum Gasteiger partial charge on any atom is -0.494 e. The van der Waals surface area contributed by atoms with Crippen LogP contribution < -0.4 is 9.75 Å². The van der Waals surface area contributed by atoms with Crippen molar-refractivity contribution in [3.8, 4) is 22.7 Å². The fourth-order valence-electron chi connectivity index (χ4n) is 4.81. The number of hydrogen-bond acceptors (Lipinski definition) is 4. The van der Waals surface area contributed by atoms with E-state index in [0.717, 1.165) is 40.2 Å².